The molecular weight excluding hydrogens is 462 g/mol. The summed E-state index contributed by atoms with van der Waals surface area (Å²) in [5.41, 5.74) is 1.08. The summed E-state index contributed by atoms with van der Waals surface area (Å²) in [6.45, 7) is -0.0648. The Kier molecular flexibility index (Phi) is 6.18. The van der Waals surface area contributed by atoms with Gasteiger partial charge >= 0.3 is 5.97 Å². The molecule has 0 aliphatic carbocycles. The van der Waals surface area contributed by atoms with E-state index in [4.69, 9.17) is 4.74 Å². The third kappa shape index (κ3) is 4.91. The second-order valence-electron chi connectivity index (χ2n) is 6.69. The number of benzene rings is 2. The molecule has 0 aromatic heterocycles. The summed E-state index contributed by atoms with van der Waals surface area (Å²) in [5, 5.41) is 0. The number of sulfone groups is 1. The van der Waals surface area contributed by atoms with Crippen molar-refractivity contribution in [3.05, 3.63) is 69.7 Å². The van der Waals surface area contributed by atoms with E-state index in [0.717, 1.165) is 15.6 Å². The maximum Gasteiger partial charge on any atom is 0.329 e. The van der Waals surface area contributed by atoms with Crippen LogP contribution in [0.3, 0.4) is 0 Å². The van der Waals surface area contributed by atoms with Crippen molar-refractivity contribution in [1.82, 2.24) is 4.90 Å². The van der Waals surface area contributed by atoms with Gasteiger partial charge in [0.25, 0.3) is 11.8 Å². The number of rotatable bonds is 7. The van der Waals surface area contributed by atoms with Crippen LogP contribution in [-0.4, -0.2) is 49.2 Å². The van der Waals surface area contributed by atoms with Gasteiger partial charge in [0.2, 0.25) is 0 Å². The number of ether oxygens (including phenoxy) is 1. The van der Waals surface area contributed by atoms with Crippen molar-refractivity contribution in [2.45, 2.75) is 19.1 Å². The number of carbonyl (C=O) groups is 3. The first kappa shape index (κ1) is 21.2. The molecule has 0 fully saturated rings. The molecule has 29 heavy (non-hydrogen) atoms. The summed E-state index contributed by atoms with van der Waals surface area (Å²) in [6, 6.07) is 12.0. The number of halogens is 1. The van der Waals surface area contributed by atoms with E-state index in [9.17, 15) is 22.8 Å². The fourth-order valence-corrected chi connectivity index (χ4v) is 3.92. The minimum atomic E-state index is -3.42. The van der Waals surface area contributed by atoms with E-state index in [2.05, 4.69) is 15.9 Å². The van der Waals surface area contributed by atoms with Crippen LogP contribution in [0, 0.1) is 0 Å². The van der Waals surface area contributed by atoms with Crippen molar-refractivity contribution < 1.29 is 27.5 Å². The lowest BCUT2D eigenvalue weighted by atomic mass is 10.1. The van der Waals surface area contributed by atoms with Crippen LogP contribution in [0.25, 0.3) is 0 Å². The molecule has 0 unspecified atom stereocenters. The highest BCUT2D eigenvalue weighted by Crippen LogP contribution is 2.26. The van der Waals surface area contributed by atoms with E-state index in [1.165, 1.54) is 12.1 Å². The van der Waals surface area contributed by atoms with Crippen LogP contribution in [0.4, 0.5) is 0 Å². The fourth-order valence-electron chi connectivity index (χ4n) is 3.00. The smallest absolute Gasteiger partial charge is 0.329 e. The average Bonchev–Trinajstić information content (AvgIpc) is 2.92. The van der Waals surface area contributed by atoms with Crippen molar-refractivity contribution in [3.8, 4) is 0 Å². The number of carbonyl (C=O) groups excluding carboxylic acids is 3. The van der Waals surface area contributed by atoms with Gasteiger partial charge in [0.1, 0.15) is 22.5 Å². The molecule has 7 nitrogen and oxygen atoms in total. The number of imide groups is 1. The van der Waals surface area contributed by atoms with E-state index in [-0.39, 0.29) is 29.9 Å². The molecule has 1 aliphatic rings. The summed E-state index contributed by atoms with van der Waals surface area (Å²) in [5.74, 6) is -2.46. The maximum atomic E-state index is 12.8. The lowest BCUT2D eigenvalue weighted by Crippen LogP contribution is -2.46. The number of hydrogen-bond acceptors (Lipinski definition) is 6. The number of amides is 2. The Hall–Kier alpha value is -2.52. The van der Waals surface area contributed by atoms with Crippen molar-refractivity contribution in [2.75, 3.05) is 12.0 Å². The number of esters is 1. The second kappa shape index (κ2) is 8.46. The summed E-state index contributed by atoms with van der Waals surface area (Å²) < 4.78 is 29.4. The second-order valence-corrected chi connectivity index (χ2v) is 9.87. The molecule has 1 heterocycles. The monoisotopic (exact) mass is 479 g/mol. The fraction of sp³-hybridized carbons (Fsp3) is 0.250. The molecule has 152 valence electrons. The normalized spacial score (nSPS) is 14.6. The first-order chi connectivity index (χ1) is 13.7. The highest BCUT2D eigenvalue weighted by Gasteiger charge is 2.43. The first-order valence-electron chi connectivity index (χ1n) is 8.73. The van der Waals surface area contributed by atoms with Crippen LogP contribution >= 0.6 is 15.9 Å². The lowest BCUT2D eigenvalue weighted by Gasteiger charge is -2.24. The van der Waals surface area contributed by atoms with E-state index in [1.807, 2.05) is 0 Å². The molecule has 0 saturated heterocycles. The average molecular weight is 480 g/mol. The van der Waals surface area contributed by atoms with Crippen LogP contribution in [0.15, 0.2) is 53.0 Å². The molecular formula is C20H18BrNO6S. The third-order valence-electron chi connectivity index (χ3n) is 4.47. The molecule has 0 saturated carbocycles. The molecule has 0 N–H and O–H groups in total. The Bertz CT molecular complexity index is 1030. The largest absolute Gasteiger partial charge is 0.459 e. The highest BCUT2D eigenvalue weighted by atomic mass is 79.9. The topological polar surface area (TPSA) is 97.8 Å². The quantitative estimate of drug-likeness (QED) is 0.447. The van der Waals surface area contributed by atoms with Gasteiger partial charge in [-0.25, -0.2) is 13.2 Å². The van der Waals surface area contributed by atoms with Crippen LogP contribution in [-0.2, 0) is 26.0 Å². The Morgan fingerprint density at radius 2 is 1.59 bits per heavy atom. The molecule has 9 heteroatoms. The summed E-state index contributed by atoms with van der Waals surface area (Å²) >= 11 is 3.31. The number of nitrogens with zero attached hydrogens (tertiary/aromatic N) is 1. The molecule has 3 rings (SSSR count). The zero-order valence-corrected chi connectivity index (χ0v) is 17.9. The predicted octanol–water partition coefficient (Wildman–Crippen LogP) is 2.59. The van der Waals surface area contributed by atoms with E-state index in [0.29, 0.717) is 5.56 Å². The Morgan fingerprint density at radius 3 is 2.10 bits per heavy atom. The molecule has 0 spiro atoms. The molecule has 2 aromatic carbocycles. The predicted molar refractivity (Wildman–Crippen MR) is 109 cm³/mol. The van der Waals surface area contributed by atoms with Crippen molar-refractivity contribution >= 4 is 43.6 Å². The Labute approximate surface area is 176 Å². The standard InChI is InChI=1S/C20H18BrNO6S/c1-29(26,27)11-10-17(20(25)28-12-13-6-8-14(21)9-7-13)22-18(23)15-4-2-3-5-16(15)19(22)24/h2-9,17H,10-12H2,1H3/t17-/m1/s1. The minimum Gasteiger partial charge on any atom is -0.459 e. The van der Waals surface area contributed by atoms with Crippen molar-refractivity contribution in [1.29, 1.82) is 0 Å². The number of hydrogen-bond donors (Lipinski definition) is 0. The zero-order valence-electron chi connectivity index (χ0n) is 15.5. The van der Waals surface area contributed by atoms with Crippen LogP contribution in [0.5, 0.6) is 0 Å². The van der Waals surface area contributed by atoms with Gasteiger partial charge in [0.05, 0.1) is 16.9 Å². The zero-order chi connectivity index (χ0) is 21.2. The van der Waals surface area contributed by atoms with Gasteiger partial charge in [-0.2, -0.15) is 0 Å². The van der Waals surface area contributed by atoms with E-state index < -0.39 is 33.7 Å². The summed E-state index contributed by atoms with van der Waals surface area (Å²) in [6.07, 6.45) is 0.795. The van der Waals surface area contributed by atoms with Gasteiger partial charge < -0.3 is 4.74 Å². The number of fused-ring (bicyclic) bond motifs is 1. The molecule has 1 aliphatic heterocycles. The molecule has 2 amide bonds. The van der Waals surface area contributed by atoms with E-state index in [1.54, 1.807) is 36.4 Å². The lowest BCUT2D eigenvalue weighted by molar-refractivity contribution is -0.149. The van der Waals surface area contributed by atoms with Crippen molar-refractivity contribution in [2.24, 2.45) is 0 Å². The first-order valence-corrected chi connectivity index (χ1v) is 11.6. The SMILES string of the molecule is CS(=O)(=O)CC[C@H](C(=O)OCc1ccc(Br)cc1)N1C(=O)c2ccccc2C1=O. The van der Waals surface area contributed by atoms with Gasteiger partial charge in [0.15, 0.2) is 0 Å². The summed E-state index contributed by atoms with van der Waals surface area (Å²) in [4.78, 5) is 39.0. The van der Waals surface area contributed by atoms with Gasteiger partial charge in [-0.15, -0.1) is 0 Å². The molecule has 0 bridgehead atoms. The minimum absolute atomic E-state index is 0.0648. The Balaban J connectivity index is 1.82. The van der Waals surface area contributed by atoms with Crippen LogP contribution in [0.2, 0.25) is 0 Å². The van der Waals surface area contributed by atoms with Gasteiger partial charge in [-0.1, -0.05) is 40.2 Å². The van der Waals surface area contributed by atoms with Crippen molar-refractivity contribution in [3.63, 3.8) is 0 Å². The molecule has 0 radical (unpaired) electrons. The molecule has 1 atom stereocenters. The van der Waals surface area contributed by atoms with Crippen LogP contribution < -0.4 is 0 Å². The van der Waals surface area contributed by atoms with Gasteiger partial charge in [-0.3, -0.25) is 14.5 Å². The van der Waals surface area contributed by atoms with Gasteiger partial charge in [-0.05, 0) is 36.2 Å². The third-order valence-corrected chi connectivity index (χ3v) is 5.97. The highest BCUT2D eigenvalue weighted by molar-refractivity contribution is 9.10. The van der Waals surface area contributed by atoms with Gasteiger partial charge in [0, 0.05) is 10.7 Å². The van der Waals surface area contributed by atoms with Crippen LogP contribution in [0.1, 0.15) is 32.7 Å². The maximum absolute atomic E-state index is 12.8. The molecule has 2 aromatic rings. The van der Waals surface area contributed by atoms with E-state index >= 15 is 0 Å². The summed E-state index contributed by atoms with van der Waals surface area (Å²) in [7, 11) is -3.42. The Morgan fingerprint density at radius 1 is 1.03 bits per heavy atom.